The van der Waals surface area contributed by atoms with Gasteiger partial charge in [-0.05, 0) is 25.0 Å². The van der Waals surface area contributed by atoms with Gasteiger partial charge in [0.1, 0.15) is 5.82 Å². The van der Waals surface area contributed by atoms with E-state index in [1.54, 1.807) is 23.9 Å². The van der Waals surface area contributed by atoms with Gasteiger partial charge in [-0.3, -0.25) is 4.99 Å². The Morgan fingerprint density at radius 2 is 2.06 bits per heavy atom. The number of amidine groups is 1. The number of fused-ring (bicyclic) bond motifs is 1. The maximum atomic E-state index is 13.0. The molecular formula is C13H15FN2OS. The Hall–Kier alpha value is -1.07. The number of aliphatic hydroxyl groups is 1. The van der Waals surface area contributed by atoms with Crippen molar-refractivity contribution in [1.29, 1.82) is 0 Å². The van der Waals surface area contributed by atoms with E-state index in [1.165, 1.54) is 12.1 Å². The summed E-state index contributed by atoms with van der Waals surface area (Å²) in [6.45, 7) is 1.64. The summed E-state index contributed by atoms with van der Waals surface area (Å²) in [5.74, 6) is 0.273. The van der Waals surface area contributed by atoms with Crippen molar-refractivity contribution in [2.75, 3.05) is 18.8 Å². The van der Waals surface area contributed by atoms with Gasteiger partial charge in [0.15, 0.2) is 10.9 Å². The van der Waals surface area contributed by atoms with Crippen LogP contribution in [-0.2, 0) is 5.72 Å². The van der Waals surface area contributed by atoms with Gasteiger partial charge >= 0.3 is 0 Å². The number of nitrogens with zero attached hydrogens (tertiary/aromatic N) is 2. The molecule has 0 bridgehead atoms. The van der Waals surface area contributed by atoms with Gasteiger partial charge in [-0.15, -0.1) is 0 Å². The van der Waals surface area contributed by atoms with E-state index in [4.69, 9.17) is 0 Å². The first kappa shape index (κ1) is 12.0. The molecule has 5 heteroatoms. The monoisotopic (exact) mass is 266 g/mol. The van der Waals surface area contributed by atoms with E-state index in [2.05, 4.69) is 4.99 Å². The van der Waals surface area contributed by atoms with Gasteiger partial charge in [-0.2, -0.15) is 0 Å². The molecule has 2 aliphatic heterocycles. The van der Waals surface area contributed by atoms with Crippen LogP contribution in [0.2, 0.25) is 0 Å². The van der Waals surface area contributed by atoms with Crippen LogP contribution in [0.5, 0.6) is 0 Å². The van der Waals surface area contributed by atoms with Crippen LogP contribution in [-0.4, -0.2) is 34.0 Å². The predicted molar refractivity (Wildman–Crippen MR) is 71.0 cm³/mol. The zero-order chi connectivity index (χ0) is 12.6. The van der Waals surface area contributed by atoms with E-state index in [0.29, 0.717) is 5.75 Å². The second kappa shape index (κ2) is 4.55. The molecule has 1 fully saturated rings. The Balaban J connectivity index is 1.97. The summed E-state index contributed by atoms with van der Waals surface area (Å²) in [5.41, 5.74) is -0.301. The fourth-order valence-corrected chi connectivity index (χ4v) is 3.64. The molecule has 3 nitrogen and oxygen atoms in total. The lowest BCUT2D eigenvalue weighted by Gasteiger charge is -2.34. The van der Waals surface area contributed by atoms with Crippen molar-refractivity contribution in [2.24, 2.45) is 4.99 Å². The average Bonchev–Trinajstić information content (AvgIpc) is 2.57. The number of hydrogen-bond acceptors (Lipinski definition) is 4. The van der Waals surface area contributed by atoms with Crippen molar-refractivity contribution in [1.82, 2.24) is 4.90 Å². The van der Waals surface area contributed by atoms with Crippen LogP contribution in [0.15, 0.2) is 29.3 Å². The summed E-state index contributed by atoms with van der Waals surface area (Å²) >= 11 is 1.58. The first-order valence-corrected chi connectivity index (χ1v) is 7.12. The summed E-state index contributed by atoms with van der Waals surface area (Å²) in [7, 11) is 0. The molecule has 1 aromatic rings. The number of hydrogen-bond donors (Lipinski definition) is 1. The van der Waals surface area contributed by atoms with Gasteiger partial charge in [0.2, 0.25) is 0 Å². The highest BCUT2D eigenvalue weighted by Crippen LogP contribution is 2.39. The molecule has 1 aromatic carbocycles. The summed E-state index contributed by atoms with van der Waals surface area (Å²) < 4.78 is 13.0. The van der Waals surface area contributed by atoms with Crippen LogP contribution in [0.25, 0.3) is 0 Å². The Bertz CT molecular complexity index is 476. The van der Waals surface area contributed by atoms with E-state index in [1.807, 2.05) is 4.90 Å². The number of thioether (sulfide) groups is 1. The quantitative estimate of drug-likeness (QED) is 0.846. The standard InChI is InChI=1S/C13H15FN2OS/c14-11-5-3-10(4-6-11)13(17)9-18-12-15-7-1-2-8-16(12)13/h3-6,17H,1-2,7-9H2. The molecule has 0 aliphatic carbocycles. The predicted octanol–water partition coefficient (Wildman–Crippen LogP) is 2.17. The van der Waals surface area contributed by atoms with Crippen molar-refractivity contribution in [3.05, 3.63) is 35.6 Å². The second-order valence-electron chi connectivity index (χ2n) is 4.64. The Labute approximate surface area is 110 Å². The van der Waals surface area contributed by atoms with Gasteiger partial charge in [-0.1, -0.05) is 23.9 Å². The van der Waals surface area contributed by atoms with E-state index in [-0.39, 0.29) is 5.82 Å². The molecule has 1 saturated heterocycles. The maximum Gasteiger partial charge on any atom is 0.175 e. The molecule has 2 aliphatic rings. The molecule has 0 spiro atoms. The molecule has 0 aromatic heterocycles. The highest BCUT2D eigenvalue weighted by atomic mass is 32.2. The average molecular weight is 266 g/mol. The highest BCUT2D eigenvalue weighted by Gasteiger charge is 2.44. The number of aliphatic imine (C=N–C) groups is 1. The molecule has 1 unspecified atom stereocenters. The molecule has 0 saturated carbocycles. The lowest BCUT2D eigenvalue weighted by Crippen LogP contribution is -2.45. The maximum absolute atomic E-state index is 13.0. The fraction of sp³-hybridized carbons (Fsp3) is 0.462. The first-order valence-electron chi connectivity index (χ1n) is 6.13. The summed E-state index contributed by atoms with van der Waals surface area (Å²) in [6.07, 6.45) is 2.08. The van der Waals surface area contributed by atoms with Crippen molar-refractivity contribution in [3.8, 4) is 0 Å². The van der Waals surface area contributed by atoms with Crippen LogP contribution < -0.4 is 0 Å². The van der Waals surface area contributed by atoms with Crippen LogP contribution in [0.4, 0.5) is 4.39 Å². The minimum atomic E-state index is -1.04. The second-order valence-corrected chi connectivity index (χ2v) is 5.58. The summed E-state index contributed by atoms with van der Waals surface area (Å²) in [4.78, 5) is 6.45. The van der Waals surface area contributed by atoms with Crippen molar-refractivity contribution in [3.63, 3.8) is 0 Å². The lowest BCUT2D eigenvalue weighted by atomic mass is 10.0. The normalized spacial score (nSPS) is 27.7. The fourth-order valence-electron chi connectivity index (χ4n) is 2.40. The van der Waals surface area contributed by atoms with Gasteiger partial charge in [-0.25, -0.2) is 4.39 Å². The third-order valence-electron chi connectivity index (χ3n) is 3.42. The molecule has 96 valence electrons. The van der Waals surface area contributed by atoms with Crippen molar-refractivity contribution < 1.29 is 9.50 Å². The lowest BCUT2D eigenvalue weighted by molar-refractivity contribution is -0.0475. The Morgan fingerprint density at radius 3 is 2.83 bits per heavy atom. The largest absolute Gasteiger partial charge is 0.366 e. The third kappa shape index (κ3) is 1.91. The van der Waals surface area contributed by atoms with Crippen LogP contribution in [0.3, 0.4) is 0 Å². The first-order chi connectivity index (χ1) is 8.70. The molecule has 0 radical (unpaired) electrons. The topological polar surface area (TPSA) is 35.8 Å². The van der Waals surface area contributed by atoms with Crippen molar-refractivity contribution >= 4 is 16.9 Å². The van der Waals surface area contributed by atoms with Crippen LogP contribution >= 0.6 is 11.8 Å². The number of halogens is 1. The van der Waals surface area contributed by atoms with Gasteiger partial charge in [0.05, 0.1) is 5.75 Å². The molecule has 2 heterocycles. The number of rotatable bonds is 1. The summed E-state index contributed by atoms with van der Waals surface area (Å²) in [5, 5.41) is 11.8. The SMILES string of the molecule is OC1(c2ccc(F)cc2)CSC2=NCCCCN21. The van der Waals surface area contributed by atoms with E-state index in [9.17, 15) is 9.50 Å². The molecule has 0 amide bonds. The number of benzene rings is 1. The smallest absolute Gasteiger partial charge is 0.175 e. The van der Waals surface area contributed by atoms with E-state index in [0.717, 1.165) is 36.7 Å². The molecular weight excluding hydrogens is 251 g/mol. The Morgan fingerprint density at radius 1 is 1.28 bits per heavy atom. The molecule has 1 atom stereocenters. The van der Waals surface area contributed by atoms with E-state index >= 15 is 0 Å². The zero-order valence-electron chi connectivity index (χ0n) is 9.97. The van der Waals surface area contributed by atoms with E-state index < -0.39 is 5.72 Å². The van der Waals surface area contributed by atoms with Crippen molar-refractivity contribution in [2.45, 2.75) is 18.6 Å². The highest BCUT2D eigenvalue weighted by molar-refractivity contribution is 8.14. The Kier molecular flexibility index (Phi) is 3.03. The van der Waals surface area contributed by atoms with Gasteiger partial charge < -0.3 is 10.0 Å². The van der Waals surface area contributed by atoms with Gasteiger partial charge in [0, 0.05) is 18.7 Å². The molecule has 18 heavy (non-hydrogen) atoms. The minimum absolute atomic E-state index is 0.280. The third-order valence-corrected chi connectivity index (χ3v) is 4.58. The minimum Gasteiger partial charge on any atom is -0.366 e. The molecule has 1 N–H and O–H groups in total. The van der Waals surface area contributed by atoms with Crippen LogP contribution in [0.1, 0.15) is 18.4 Å². The van der Waals surface area contributed by atoms with Crippen LogP contribution in [0, 0.1) is 5.82 Å². The summed E-state index contributed by atoms with van der Waals surface area (Å²) in [6, 6.07) is 6.10. The van der Waals surface area contributed by atoms with Gasteiger partial charge in [0.25, 0.3) is 0 Å². The molecule has 3 rings (SSSR count). The zero-order valence-corrected chi connectivity index (χ0v) is 10.8.